The van der Waals surface area contributed by atoms with E-state index in [0.717, 1.165) is 0 Å². The van der Waals surface area contributed by atoms with Gasteiger partial charge in [-0.1, -0.05) is 19.1 Å². The van der Waals surface area contributed by atoms with Gasteiger partial charge in [-0.3, -0.25) is 0 Å². The van der Waals surface area contributed by atoms with Crippen LogP contribution in [0.3, 0.4) is 0 Å². The maximum atomic E-state index is 13.7. The van der Waals surface area contributed by atoms with Gasteiger partial charge >= 0.3 is 0 Å². The Kier molecular flexibility index (Phi) is 4.05. The van der Waals surface area contributed by atoms with Gasteiger partial charge in [0.25, 0.3) is 5.95 Å². The maximum absolute atomic E-state index is 13.7. The number of hydrazone groups is 1. The van der Waals surface area contributed by atoms with Crippen LogP contribution in [-0.2, 0) is 6.42 Å². The van der Waals surface area contributed by atoms with Gasteiger partial charge in [0.2, 0.25) is 0 Å². The standard InChI is InChI=1S/C15H15FN6O/c1-2-14-19-21-15(22(14)17)20-18-9-10-7-8-13(23-10)11-5-3-4-6-12(11)16/h3-9H,2,17H2,1H3,(H,20,21). The molecule has 118 valence electrons. The smallest absolute Gasteiger partial charge is 0.263 e. The summed E-state index contributed by atoms with van der Waals surface area (Å²) in [6, 6.07) is 9.78. The van der Waals surface area contributed by atoms with E-state index in [2.05, 4.69) is 20.7 Å². The number of nitrogens with two attached hydrogens (primary N) is 1. The summed E-state index contributed by atoms with van der Waals surface area (Å²) in [6.45, 7) is 1.92. The van der Waals surface area contributed by atoms with Gasteiger partial charge in [0.05, 0.1) is 11.8 Å². The van der Waals surface area contributed by atoms with Crippen LogP contribution in [0.25, 0.3) is 11.3 Å². The molecule has 0 spiro atoms. The minimum atomic E-state index is -0.341. The fraction of sp³-hybridized carbons (Fsp3) is 0.133. The van der Waals surface area contributed by atoms with Crippen LogP contribution in [0, 0.1) is 5.82 Å². The second-order valence-corrected chi connectivity index (χ2v) is 4.72. The normalized spacial score (nSPS) is 11.2. The van der Waals surface area contributed by atoms with Gasteiger partial charge in [-0.2, -0.15) is 5.10 Å². The Morgan fingerprint density at radius 1 is 1.30 bits per heavy atom. The van der Waals surface area contributed by atoms with Crippen molar-refractivity contribution in [3.8, 4) is 11.3 Å². The van der Waals surface area contributed by atoms with Gasteiger partial charge in [-0.15, -0.1) is 10.2 Å². The van der Waals surface area contributed by atoms with Gasteiger partial charge in [0, 0.05) is 6.42 Å². The van der Waals surface area contributed by atoms with Crippen molar-refractivity contribution >= 4 is 12.2 Å². The number of hydrogen-bond donors (Lipinski definition) is 2. The molecule has 23 heavy (non-hydrogen) atoms. The van der Waals surface area contributed by atoms with Crippen molar-refractivity contribution in [2.75, 3.05) is 11.3 Å². The number of nitrogen functional groups attached to an aromatic ring is 1. The molecule has 0 radical (unpaired) electrons. The Bertz CT molecular complexity index is 838. The molecule has 0 saturated heterocycles. The number of anilines is 1. The minimum absolute atomic E-state index is 0.319. The third-order valence-corrected chi connectivity index (χ3v) is 3.21. The molecule has 2 heterocycles. The van der Waals surface area contributed by atoms with Crippen LogP contribution in [0.4, 0.5) is 10.3 Å². The predicted molar refractivity (Wildman–Crippen MR) is 84.9 cm³/mol. The molecule has 1 aromatic carbocycles. The summed E-state index contributed by atoms with van der Waals surface area (Å²) >= 11 is 0. The summed E-state index contributed by atoms with van der Waals surface area (Å²) in [7, 11) is 0. The van der Waals surface area contributed by atoms with E-state index in [4.69, 9.17) is 10.3 Å². The Balaban J connectivity index is 1.71. The molecule has 0 aliphatic carbocycles. The van der Waals surface area contributed by atoms with E-state index >= 15 is 0 Å². The van der Waals surface area contributed by atoms with Crippen molar-refractivity contribution in [1.29, 1.82) is 0 Å². The van der Waals surface area contributed by atoms with Crippen LogP contribution in [0.15, 0.2) is 45.9 Å². The number of nitrogens with one attached hydrogen (secondary N) is 1. The van der Waals surface area contributed by atoms with E-state index in [-0.39, 0.29) is 5.82 Å². The molecule has 7 nitrogen and oxygen atoms in total. The van der Waals surface area contributed by atoms with Crippen molar-refractivity contribution in [2.45, 2.75) is 13.3 Å². The maximum Gasteiger partial charge on any atom is 0.263 e. The zero-order chi connectivity index (χ0) is 16.2. The molecule has 0 aliphatic rings. The van der Waals surface area contributed by atoms with Gasteiger partial charge in [-0.25, -0.2) is 14.5 Å². The number of aryl methyl sites for hydroxylation is 1. The molecule has 0 saturated carbocycles. The lowest BCUT2D eigenvalue weighted by molar-refractivity contribution is 0.563. The van der Waals surface area contributed by atoms with Gasteiger partial charge in [0.1, 0.15) is 17.3 Å². The number of aromatic nitrogens is 3. The van der Waals surface area contributed by atoms with Crippen LogP contribution >= 0.6 is 0 Å². The number of rotatable bonds is 5. The summed E-state index contributed by atoms with van der Waals surface area (Å²) in [4.78, 5) is 0. The first-order chi connectivity index (χ1) is 11.2. The molecular formula is C15H15FN6O. The lowest BCUT2D eigenvalue weighted by Gasteiger charge is -2.00. The summed E-state index contributed by atoms with van der Waals surface area (Å²) in [5.74, 6) is 7.30. The number of furan rings is 1. The summed E-state index contributed by atoms with van der Waals surface area (Å²) in [5, 5.41) is 11.7. The predicted octanol–water partition coefficient (Wildman–Crippen LogP) is 2.40. The van der Waals surface area contributed by atoms with Crippen molar-refractivity contribution in [1.82, 2.24) is 14.9 Å². The van der Waals surface area contributed by atoms with Crippen LogP contribution < -0.4 is 11.3 Å². The van der Waals surface area contributed by atoms with Gasteiger partial charge in [0.15, 0.2) is 5.82 Å². The first-order valence-corrected chi connectivity index (χ1v) is 7.02. The molecule has 3 rings (SSSR count). The quantitative estimate of drug-likeness (QED) is 0.428. The largest absolute Gasteiger partial charge is 0.455 e. The topological polar surface area (TPSA) is 94.3 Å². The number of hydrogen-bond acceptors (Lipinski definition) is 6. The van der Waals surface area contributed by atoms with Crippen LogP contribution in [0.1, 0.15) is 18.5 Å². The highest BCUT2D eigenvalue weighted by molar-refractivity contribution is 5.78. The Morgan fingerprint density at radius 3 is 2.87 bits per heavy atom. The van der Waals surface area contributed by atoms with E-state index in [1.165, 1.54) is 17.0 Å². The summed E-state index contributed by atoms with van der Waals surface area (Å²) in [5.41, 5.74) is 3.07. The average molecular weight is 314 g/mol. The number of halogens is 1. The molecular weight excluding hydrogens is 299 g/mol. The Morgan fingerprint density at radius 2 is 2.13 bits per heavy atom. The van der Waals surface area contributed by atoms with E-state index in [1.807, 2.05) is 6.92 Å². The molecule has 0 bridgehead atoms. The fourth-order valence-corrected chi connectivity index (χ4v) is 2.02. The van der Waals surface area contributed by atoms with Crippen molar-refractivity contribution < 1.29 is 8.81 Å². The minimum Gasteiger partial charge on any atom is -0.455 e. The molecule has 0 fully saturated rings. The Hall–Kier alpha value is -3.16. The van der Waals surface area contributed by atoms with Crippen molar-refractivity contribution in [3.63, 3.8) is 0 Å². The van der Waals surface area contributed by atoms with E-state index < -0.39 is 0 Å². The Labute approximate surface area is 131 Å². The third kappa shape index (κ3) is 3.05. The highest BCUT2D eigenvalue weighted by Gasteiger charge is 2.09. The molecule has 2 aromatic heterocycles. The number of nitrogens with zero attached hydrogens (tertiary/aromatic N) is 4. The summed E-state index contributed by atoms with van der Waals surface area (Å²) in [6.07, 6.45) is 2.11. The molecule has 0 unspecified atom stereocenters. The highest BCUT2D eigenvalue weighted by Crippen LogP contribution is 2.24. The first-order valence-electron chi connectivity index (χ1n) is 7.02. The van der Waals surface area contributed by atoms with Crippen LogP contribution in [-0.4, -0.2) is 21.1 Å². The van der Waals surface area contributed by atoms with Gasteiger partial charge < -0.3 is 10.3 Å². The monoisotopic (exact) mass is 314 g/mol. The third-order valence-electron chi connectivity index (χ3n) is 3.21. The molecule has 3 N–H and O–H groups in total. The van der Waals surface area contributed by atoms with E-state index in [9.17, 15) is 4.39 Å². The highest BCUT2D eigenvalue weighted by atomic mass is 19.1. The zero-order valence-electron chi connectivity index (χ0n) is 12.4. The lowest BCUT2D eigenvalue weighted by Crippen LogP contribution is -2.14. The van der Waals surface area contributed by atoms with Crippen LogP contribution in [0.5, 0.6) is 0 Å². The van der Waals surface area contributed by atoms with E-state index in [0.29, 0.717) is 35.3 Å². The molecule has 0 atom stereocenters. The zero-order valence-corrected chi connectivity index (χ0v) is 12.4. The van der Waals surface area contributed by atoms with Crippen molar-refractivity contribution in [3.05, 3.63) is 53.8 Å². The molecule has 3 aromatic rings. The van der Waals surface area contributed by atoms with E-state index in [1.54, 1.807) is 30.3 Å². The average Bonchev–Trinajstić information content (AvgIpc) is 3.15. The van der Waals surface area contributed by atoms with Crippen molar-refractivity contribution in [2.24, 2.45) is 5.10 Å². The molecule has 8 heteroatoms. The first kappa shape index (κ1) is 14.8. The second-order valence-electron chi connectivity index (χ2n) is 4.72. The summed E-state index contributed by atoms with van der Waals surface area (Å²) < 4.78 is 20.6. The SMILES string of the molecule is CCc1nnc(NN=Cc2ccc(-c3ccccc3F)o2)n1N. The second kappa shape index (κ2) is 6.30. The van der Waals surface area contributed by atoms with Crippen LogP contribution in [0.2, 0.25) is 0 Å². The lowest BCUT2D eigenvalue weighted by atomic mass is 10.1. The number of benzene rings is 1. The van der Waals surface area contributed by atoms with Gasteiger partial charge in [-0.05, 0) is 24.3 Å². The molecule has 0 amide bonds. The fourth-order valence-electron chi connectivity index (χ4n) is 2.02. The molecule has 0 aliphatic heterocycles.